The number of nitrogens with one attached hydrogen (secondary N) is 2. The van der Waals surface area contributed by atoms with Gasteiger partial charge in [0.25, 0.3) is 0 Å². The number of aromatic amines is 1. The van der Waals surface area contributed by atoms with Crippen molar-refractivity contribution < 1.29 is 19.4 Å². The smallest absolute Gasteiger partial charge is 0.411 e. The van der Waals surface area contributed by atoms with Crippen LogP contribution in [-0.2, 0) is 9.53 Å². The van der Waals surface area contributed by atoms with Crippen molar-refractivity contribution in [3.05, 3.63) is 59.9 Å². The second-order valence-electron chi connectivity index (χ2n) is 5.40. The molecular weight excluding hydrogens is 334 g/mol. The minimum absolute atomic E-state index is 0.137. The van der Waals surface area contributed by atoms with Crippen LogP contribution in [0.4, 0.5) is 10.5 Å². The molecule has 1 aromatic carbocycles. The topological polar surface area (TPSA) is 104 Å². The monoisotopic (exact) mass is 351 g/mol. The molecule has 3 rings (SSSR count). The van der Waals surface area contributed by atoms with Gasteiger partial charge in [-0.15, -0.1) is 0 Å². The van der Waals surface area contributed by atoms with Gasteiger partial charge in [0.05, 0.1) is 17.9 Å². The van der Waals surface area contributed by atoms with Crippen LogP contribution in [0.3, 0.4) is 0 Å². The third-order valence-electron chi connectivity index (χ3n) is 3.73. The zero-order valence-corrected chi connectivity index (χ0v) is 14.0. The maximum atomic E-state index is 11.8. The number of aliphatic carboxylic acids is 1. The second-order valence-corrected chi connectivity index (χ2v) is 5.40. The van der Waals surface area contributed by atoms with Gasteiger partial charge in [-0.25, -0.2) is 14.6 Å². The number of ether oxygens (including phenoxy) is 1. The summed E-state index contributed by atoms with van der Waals surface area (Å²) >= 11 is 0. The van der Waals surface area contributed by atoms with Crippen molar-refractivity contribution in [2.75, 3.05) is 11.9 Å². The van der Waals surface area contributed by atoms with Crippen LogP contribution >= 0.6 is 0 Å². The van der Waals surface area contributed by atoms with Gasteiger partial charge in [0, 0.05) is 23.3 Å². The average molecular weight is 351 g/mol. The third kappa shape index (κ3) is 3.56. The quantitative estimate of drug-likeness (QED) is 0.607. The predicted octanol–water partition coefficient (Wildman–Crippen LogP) is 3.76. The number of nitrogens with zero attached hydrogens (tertiary/aromatic N) is 1. The Morgan fingerprint density at radius 1 is 1.27 bits per heavy atom. The molecular formula is C19H17N3O4. The molecule has 0 fully saturated rings. The van der Waals surface area contributed by atoms with E-state index in [9.17, 15) is 14.7 Å². The number of hydrogen-bond acceptors (Lipinski definition) is 4. The van der Waals surface area contributed by atoms with Gasteiger partial charge in [0.1, 0.15) is 5.65 Å². The van der Waals surface area contributed by atoms with E-state index in [2.05, 4.69) is 15.3 Å². The molecule has 0 spiro atoms. The van der Waals surface area contributed by atoms with Crippen molar-refractivity contribution in [3.63, 3.8) is 0 Å². The molecule has 3 aromatic rings. The van der Waals surface area contributed by atoms with E-state index in [0.717, 1.165) is 0 Å². The van der Waals surface area contributed by atoms with Gasteiger partial charge in [-0.3, -0.25) is 5.32 Å². The fourth-order valence-electron chi connectivity index (χ4n) is 2.62. The number of benzene rings is 1. The first-order valence-electron chi connectivity index (χ1n) is 8.00. The number of anilines is 1. The molecule has 2 aromatic heterocycles. The van der Waals surface area contributed by atoms with Crippen molar-refractivity contribution in [1.82, 2.24) is 9.97 Å². The van der Waals surface area contributed by atoms with Crippen molar-refractivity contribution in [2.24, 2.45) is 0 Å². The summed E-state index contributed by atoms with van der Waals surface area (Å²) in [6.07, 6.45) is 4.16. The van der Waals surface area contributed by atoms with Crippen LogP contribution in [0.1, 0.15) is 18.1 Å². The normalized spacial score (nSPS) is 11.3. The lowest BCUT2D eigenvalue weighted by Crippen LogP contribution is -2.13. The van der Waals surface area contributed by atoms with Crippen LogP contribution in [0, 0.1) is 0 Å². The molecule has 1 amide bonds. The number of hydrogen-bond donors (Lipinski definition) is 3. The summed E-state index contributed by atoms with van der Waals surface area (Å²) in [5, 5.41) is 12.9. The van der Waals surface area contributed by atoms with Crippen LogP contribution in [-0.4, -0.2) is 33.7 Å². The molecule has 2 heterocycles. The van der Waals surface area contributed by atoms with Gasteiger partial charge in [-0.2, -0.15) is 0 Å². The molecule has 7 heteroatoms. The number of carbonyl (C=O) groups is 2. The predicted molar refractivity (Wildman–Crippen MR) is 98.7 cm³/mol. The van der Waals surface area contributed by atoms with E-state index in [1.807, 2.05) is 6.07 Å². The number of amides is 1. The van der Waals surface area contributed by atoms with E-state index in [4.69, 9.17) is 4.74 Å². The Kier molecular flexibility index (Phi) is 4.98. The zero-order valence-electron chi connectivity index (χ0n) is 14.0. The number of aromatic nitrogens is 2. The standard InChI is InChI=1S/C19H17N3O4/c1-2-26-19(25)22-15-8-9-20-17-16(15)13(11-21-17)10-14(18(23)24)12-6-4-3-5-7-12/h3-11H,2H2,1H3,(H,23,24)(H2,20,21,22,25). The Morgan fingerprint density at radius 3 is 2.73 bits per heavy atom. The summed E-state index contributed by atoms with van der Waals surface area (Å²) in [4.78, 5) is 30.7. The minimum Gasteiger partial charge on any atom is -0.478 e. The summed E-state index contributed by atoms with van der Waals surface area (Å²) < 4.78 is 4.91. The van der Waals surface area contributed by atoms with Crippen LogP contribution in [0.25, 0.3) is 22.7 Å². The molecule has 0 aliphatic rings. The van der Waals surface area contributed by atoms with Crippen molar-refractivity contribution in [2.45, 2.75) is 6.92 Å². The van der Waals surface area contributed by atoms with Crippen LogP contribution in [0.15, 0.2) is 48.8 Å². The first-order chi connectivity index (χ1) is 12.6. The van der Waals surface area contributed by atoms with E-state index in [1.165, 1.54) is 0 Å². The number of carboxylic acids is 1. The summed E-state index contributed by atoms with van der Waals surface area (Å²) in [7, 11) is 0. The Morgan fingerprint density at radius 2 is 2.04 bits per heavy atom. The maximum absolute atomic E-state index is 11.8. The van der Waals surface area contributed by atoms with Crippen LogP contribution < -0.4 is 5.32 Å². The maximum Gasteiger partial charge on any atom is 0.411 e. The summed E-state index contributed by atoms with van der Waals surface area (Å²) in [5.74, 6) is -1.05. The molecule has 0 saturated carbocycles. The zero-order chi connectivity index (χ0) is 18.5. The molecule has 0 aliphatic heterocycles. The minimum atomic E-state index is -1.05. The van der Waals surface area contributed by atoms with Gasteiger partial charge in [-0.1, -0.05) is 30.3 Å². The SMILES string of the molecule is CCOC(=O)Nc1ccnc2[nH]cc(C=C(C(=O)O)c3ccccc3)c12. The van der Waals surface area contributed by atoms with E-state index in [0.29, 0.717) is 27.8 Å². The number of H-pyrrole nitrogens is 1. The van der Waals surface area contributed by atoms with Gasteiger partial charge < -0.3 is 14.8 Å². The largest absolute Gasteiger partial charge is 0.478 e. The molecule has 132 valence electrons. The molecule has 0 atom stereocenters. The highest BCUT2D eigenvalue weighted by Crippen LogP contribution is 2.29. The van der Waals surface area contributed by atoms with Gasteiger partial charge in [0.15, 0.2) is 0 Å². The first kappa shape index (κ1) is 17.2. The Labute approximate surface area is 149 Å². The lowest BCUT2D eigenvalue weighted by molar-refractivity contribution is -0.130. The number of rotatable bonds is 5. The van der Waals surface area contributed by atoms with Crippen molar-refractivity contribution in [3.8, 4) is 0 Å². The van der Waals surface area contributed by atoms with Gasteiger partial charge in [-0.05, 0) is 24.6 Å². The lowest BCUT2D eigenvalue weighted by atomic mass is 10.0. The van der Waals surface area contributed by atoms with E-state index < -0.39 is 12.1 Å². The molecule has 0 radical (unpaired) electrons. The summed E-state index contributed by atoms with van der Waals surface area (Å²) in [5.41, 5.74) is 2.33. The van der Waals surface area contributed by atoms with E-state index in [-0.39, 0.29) is 12.2 Å². The fraction of sp³-hybridized carbons (Fsp3) is 0.105. The highest BCUT2D eigenvalue weighted by atomic mass is 16.5. The molecule has 26 heavy (non-hydrogen) atoms. The van der Waals surface area contributed by atoms with Crippen molar-refractivity contribution in [1.29, 1.82) is 0 Å². The molecule has 0 bridgehead atoms. The molecule has 0 unspecified atom stereocenters. The van der Waals surface area contributed by atoms with Crippen LogP contribution in [0.2, 0.25) is 0 Å². The summed E-state index contributed by atoms with van der Waals surface area (Å²) in [6.45, 7) is 1.96. The Balaban J connectivity index is 2.10. The number of carbonyl (C=O) groups excluding carboxylic acids is 1. The van der Waals surface area contributed by atoms with E-state index in [1.54, 1.807) is 55.7 Å². The fourth-order valence-corrected chi connectivity index (χ4v) is 2.62. The number of carboxylic acid groups (broad SMARTS) is 1. The van der Waals surface area contributed by atoms with Gasteiger partial charge in [0.2, 0.25) is 0 Å². The Bertz CT molecular complexity index is 977. The average Bonchev–Trinajstić information content (AvgIpc) is 3.04. The first-order valence-corrected chi connectivity index (χ1v) is 8.00. The second kappa shape index (κ2) is 7.52. The van der Waals surface area contributed by atoms with Crippen LogP contribution in [0.5, 0.6) is 0 Å². The molecule has 0 saturated heterocycles. The lowest BCUT2D eigenvalue weighted by Gasteiger charge is -2.07. The third-order valence-corrected chi connectivity index (χ3v) is 3.73. The number of pyridine rings is 1. The number of fused-ring (bicyclic) bond motifs is 1. The molecule has 7 nitrogen and oxygen atoms in total. The van der Waals surface area contributed by atoms with E-state index >= 15 is 0 Å². The van der Waals surface area contributed by atoms with Gasteiger partial charge >= 0.3 is 12.1 Å². The van der Waals surface area contributed by atoms with Crippen molar-refractivity contribution >= 4 is 40.4 Å². The highest BCUT2D eigenvalue weighted by Gasteiger charge is 2.15. The highest BCUT2D eigenvalue weighted by molar-refractivity contribution is 6.22. The molecule has 3 N–H and O–H groups in total. The summed E-state index contributed by atoms with van der Waals surface area (Å²) in [6, 6.07) is 10.5. The Hall–Kier alpha value is -3.61. The molecule has 0 aliphatic carbocycles.